The number of aliphatic imine (C=N–C) groups is 1. The summed E-state index contributed by atoms with van der Waals surface area (Å²) >= 11 is 0. The lowest BCUT2D eigenvalue weighted by atomic mass is 9.97. The summed E-state index contributed by atoms with van der Waals surface area (Å²) in [6, 6.07) is 0.648. The summed E-state index contributed by atoms with van der Waals surface area (Å²) in [5, 5.41) is 6.58. The van der Waals surface area contributed by atoms with Crippen LogP contribution in [0, 0.1) is 5.92 Å². The average molecular weight is 412 g/mol. The predicted octanol–water partition coefficient (Wildman–Crippen LogP) is 1.93. The van der Waals surface area contributed by atoms with Crippen LogP contribution in [0.4, 0.5) is 0 Å². The van der Waals surface area contributed by atoms with Crippen molar-refractivity contribution >= 4 is 29.9 Å². The topological polar surface area (TPSA) is 48.9 Å². The lowest BCUT2D eigenvalue weighted by molar-refractivity contribution is 0.143. The molecule has 0 aromatic rings. The van der Waals surface area contributed by atoms with Gasteiger partial charge in [-0.25, -0.2) is 0 Å². The van der Waals surface area contributed by atoms with E-state index >= 15 is 0 Å². The van der Waals surface area contributed by atoms with Gasteiger partial charge in [-0.1, -0.05) is 0 Å². The number of hydrogen-bond donors (Lipinski definition) is 2. The molecule has 5 nitrogen and oxygen atoms in total. The Morgan fingerprint density at radius 2 is 2.14 bits per heavy atom. The highest BCUT2D eigenvalue weighted by Crippen LogP contribution is 2.18. The van der Waals surface area contributed by atoms with Crippen LogP contribution in [-0.4, -0.2) is 63.3 Å². The summed E-state index contributed by atoms with van der Waals surface area (Å²) in [7, 11) is 1.72. The highest BCUT2D eigenvalue weighted by Gasteiger charge is 2.21. The van der Waals surface area contributed by atoms with Gasteiger partial charge in [-0.2, -0.15) is 0 Å². The fraction of sp³-hybridized carbons (Fsp3) is 0.933. The number of halogens is 1. The fourth-order valence-electron chi connectivity index (χ4n) is 2.55. The molecular weight excluding hydrogens is 379 g/mol. The molecule has 0 aromatic heterocycles. The third kappa shape index (κ3) is 8.83. The van der Waals surface area contributed by atoms with Crippen LogP contribution in [0.5, 0.6) is 0 Å². The molecule has 0 radical (unpaired) electrons. The van der Waals surface area contributed by atoms with E-state index in [0.29, 0.717) is 18.6 Å². The van der Waals surface area contributed by atoms with Gasteiger partial charge in [0.15, 0.2) is 5.96 Å². The van der Waals surface area contributed by atoms with Gasteiger partial charge in [0, 0.05) is 39.3 Å². The first-order chi connectivity index (χ1) is 9.67. The van der Waals surface area contributed by atoms with Crippen molar-refractivity contribution in [2.45, 2.75) is 39.7 Å². The van der Waals surface area contributed by atoms with Gasteiger partial charge in [-0.05, 0) is 46.1 Å². The molecule has 0 amide bonds. The lowest BCUT2D eigenvalue weighted by Gasteiger charge is -2.34. The van der Waals surface area contributed by atoms with Gasteiger partial charge < -0.3 is 20.3 Å². The number of nitrogens with zero attached hydrogens (tertiary/aromatic N) is 2. The third-order valence-corrected chi connectivity index (χ3v) is 3.73. The van der Waals surface area contributed by atoms with Crippen LogP contribution in [-0.2, 0) is 4.74 Å². The Morgan fingerprint density at radius 3 is 2.76 bits per heavy atom. The number of hydrogen-bond acceptors (Lipinski definition) is 3. The minimum absolute atomic E-state index is 0. The molecule has 126 valence electrons. The van der Waals surface area contributed by atoms with Crippen LogP contribution in [0.1, 0.15) is 33.6 Å². The maximum absolute atomic E-state index is 5.05. The Balaban J connectivity index is 0.00000400. The minimum Gasteiger partial charge on any atom is -0.383 e. The first kappa shape index (κ1) is 20.9. The summed E-state index contributed by atoms with van der Waals surface area (Å²) in [5.74, 6) is 1.59. The van der Waals surface area contributed by atoms with Gasteiger partial charge in [-0.3, -0.25) is 4.99 Å². The van der Waals surface area contributed by atoms with Crippen molar-refractivity contribution in [2.75, 3.05) is 46.4 Å². The molecule has 0 aliphatic carbocycles. The van der Waals surface area contributed by atoms with Gasteiger partial charge in [0.25, 0.3) is 0 Å². The van der Waals surface area contributed by atoms with Crippen LogP contribution in [0.15, 0.2) is 4.99 Å². The fourth-order valence-corrected chi connectivity index (χ4v) is 2.55. The molecule has 21 heavy (non-hydrogen) atoms. The summed E-state index contributed by atoms with van der Waals surface area (Å²) in [5.41, 5.74) is 0. The smallest absolute Gasteiger partial charge is 0.191 e. The molecule has 0 bridgehead atoms. The van der Waals surface area contributed by atoms with Crippen molar-refractivity contribution in [1.82, 2.24) is 15.5 Å². The number of piperidine rings is 1. The van der Waals surface area contributed by atoms with E-state index in [2.05, 4.69) is 36.3 Å². The minimum atomic E-state index is 0. The number of methoxy groups -OCH3 is 1. The predicted molar refractivity (Wildman–Crippen MR) is 101 cm³/mol. The maximum atomic E-state index is 5.05. The van der Waals surface area contributed by atoms with E-state index in [4.69, 9.17) is 9.73 Å². The van der Waals surface area contributed by atoms with Crippen molar-refractivity contribution in [2.24, 2.45) is 10.9 Å². The molecule has 0 aromatic carbocycles. The van der Waals surface area contributed by atoms with Crippen LogP contribution in [0.2, 0.25) is 0 Å². The number of nitrogens with one attached hydrogen (secondary N) is 2. The highest BCUT2D eigenvalue weighted by atomic mass is 127. The van der Waals surface area contributed by atoms with E-state index in [1.807, 2.05) is 0 Å². The highest BCUT2D eigenvalue weighted by molar-refractivity contribution is 14.0. The zero-order valence-electron chi connectivity index (χ0n) is 14.0. The summed E-state index contributed by atoms with van der Waals surface area (Å²) in [6.45, 7) is 12.4. The van der Waals surface area contributed by atoms with E-state index in [1.54, 1.807) is 7.11 Å². The molecule has 1 aliphatic rings. The van der Waals surface area contributed by atoms with Crippen LogP contribution >= 0.6 is 24.0 Å². The van der Waals surface area contributed by atoms with Gasteiger partial charge in [-0.15, -0.1) is 24.0 Å². The molecule has 1 heterocycles. The molecule has 1 atom stereocenters. The second-order valence-electron chi connectivity index (χ2n) is 5.74. The van der Waals surface area contributed by atoms with Crippen molar-refractivity contribution in [3.05, 3.63) is 0 Å². The van der Waals surface area contributed by atoms with Crippen LogP contribution < -0.4 is 10.6 Å². The molecule has 1 rings (SSSR count). The summed E-state index contributed by atoms with van der Waals surface area (Å²) < 4.78 is 5.05. The molecule has 1 aliphatic heterocycles. The molecule has 2 N–H and O–H groups in total. The second kappa shape index (κ2) is 12.5. The van der Waals surface area contributed by atoms with Crippen LogP contribution in [0.25, 0.3) is 0 Å². The van der Waals surface area contributed by atoms with Gasteiger partial charge >= 0.3 is 0 Å². The van der Waals surface area contributed by atoms with Crippen molar-refractivity contribution in [1.29, 1.82) is 0 Å². The van der Waals surface area contributed by atoms with Crippen molar-refractivity contribution < 1.29 is 4.74 Å². The molecule has 0 saturated carbocycles. The first-order valence-corrected chi connectivity index (χ1v) is 7.92. The average Bonchev–Trinajstić information content (AvgIpc) is 2.45. The number of likely N-dealkylation sites (tertiary alicyclic amines) is 1. The van der Waals surface area contributed by atoms with E-state index < -0.39 is 0 Å². The zero-order chi connectivity index (χ0) is 14.8. The van der Waals surface area contributed by atoms with E-state index in [9.17, 15) is 0 Å². The van der Waals surface area contributed by atoms with Crippen molar-refractivity contribution in [3.63, 3.8) is 0 Å². The molecular formula is C15H33IN4O. The molecule has 6 heteroatoms. The number of ether oxygens (including phenoxy) is 1. The normalized spacial score (nSPS) is 20.2. The van der Waals surface area contributed by atoms with Crippen molar-refractivity contribution in [3.8, 4) is 0 Å². The Morgan fingerprint density at radius 1 is 1.38 bits per heavy atom. The summed E-state index contributed by atoms with van der Waals surface area (Å²) in [4.78, 5) is 7.28. The SMILES string of the molecule is CCNC(=NCC1CCCN(C(C)C)C1)NCCOC.I. The molecule has 1 fully saturated rings. The third-order valence-electron chi connectivity index (χ3n) is 3.73. The van der Waals surface area contributed by atoms with E-state index in [0.717, 1.165) is 25.6 Å². The van der Waals surface area contributed by atoms with Gasteiger partial charge in [0.05, 0.1) is 6.61 Å². The largest absolute Gasteiger partial charge is 0.383 e. The first-order valence-electron chi connectivity index (χ1n) is 7.92. The van der Waals surface area contributed by atoms with E-state index in [-0.39, 0.29) is 24.0 Å². The Bertz CT molecular complexity index is 287. The summed E-state index contributed by atoms with van der Waals surface area (Å²) in [6.07, 6.45) is 2.59. The monoisotopic (exact) mass is 412 g/mol. The zero-order valence-corrected chi connectivity index (χ0v) is 16.4. The lowest BCUT2D eigenvalue weighted by Crippen LogP contribution is -2.42. The standard InChI is InChI=1S/C15H32N4O.HI/c1-5-16-15(17-8-10-20-4)18-11-14-7-6-9-19(12-14)13(2)3;/h13-14H,5-12H2,1-4H3,(H2,16,17,18);1H. The van der Waals surface area contributed by atoms with Gasteiger partial charge in [0.2, 0.25) is 0 Å². The quantitative estimate of drug-likeness (QED) is 0.290. The maximum Gasteiger partial charge on any atom is 0.191 e. The Hall–Kier alpha value is -0.0800. The molecule has 1 saturated heterocycles. The number of rotatable bonds is 7. The van der Waals surface area contributed by atoms with E-state index in [1.165, 1.54) is 25.9 Å². The Kier molecular flexibility index (Phi) is 12.4. The van der Waals surface area contributed by atoms with Crippen LogP contribution in [0.3, 0.4) is 0 Å². The van der Waals surface area contributed by atoms with Gasteiger partial charge in [0.1, 0.15) is 0 Å². The molecule has 0 spiro atoms. The molecule has 1 unspecified atom stereocenters. The Labute approximate surface area is 147 Å². The number of guanidine groups is 1. The second-order valence-corrected chi connectivity index (χ2v) is 5.74.